The van der Waals surface area contributed by atoms with E-state index in [-0.39, 0.29) is 17.5 Å². The molecule has 7 nitrogen and oxygen atoms in total. The topological polar surface area (TPSA) is 107 Å². The van der Waals surface area contributed by atoms with E-state index in [4.69, 9.17) is 5.73 Å². The molecular formula is C11H14BrN3O4S. The average Bonchev–Trinajstić information content (AvgIpc) is 2.87. The Morgan fingerprint density at radius 3 is 2.80 bits per heavy atom. The van der Waals surface area contributed by atoms with Crippen LogP contribution in [0.15, 0.2) is 27.6 Å². The van der Waals surface area contributed by atoms with Gasteiger partial charge in [0.2, 0.25) is 10.0 Å². The third-order valence-corrected chi connectivity index (χ3v) is 5.79. The summed E-state index contributed by atoms with van der Waals surface area (Å²) in [5, 5.41) is 11.1. The van der Waals surface area contributed by atoms with E-state index < -0.39 is 20.6 Å². The summed E-state index contributed by atoms with van der Waals surface area (Å²) in [6.45, 7) is 0.557. The van der Waals surface area contributed by atoms with Gasteiger partial charge in [0, 0.05) is 29.7 Å². The summed E-state index contributed by atoms with van der Waals surface area (Å²) in [4.78, 5) is 10.1. The SMILES string of the molecule is NCC1CCCN1S(=O)(=O)c1ccc(Br)cc1[N+](=O)[O-]. The fourth-order valence-corrected chi connectivity index (χ4v) is 4.53. The van der Waals surface area contributed by atoms with Gasteiger partial charge in [0.05, 0.1) is 4.92 Å². The predicted molar refractivity (Wildman–Crippen MR) is 76.8 cm³/mol. The van der Waals surface area contributed by atoms with Crippen LogP contribution in [0.1, 0.15) is 12.8 Å². The van der Waals surface area contributed by atoms with Crippen LogP contribution in [0.3, 0.4) is 0 Å². The van der Waals surface area contributed by atoms with Crippen molar-refractivity contribution in [3.63, 3.8) is 0 Å². The van der Waals surface area contributed by atoms with Gasteiger partial charge in [-0.25, -0.2) is 8.42 Å². The van der Waals surface area contributed by atoms with Gasteiger partial charge in [0.15, 0.2) is 4.90 Å². The Morgan fingerprint density at radius 2 is 2.20 bits per heavy atom. The Bertz CT molecular complexity index is 635. The van der Waals surface area contributed by atoms with Gasteiger partial charge >= 0.3 is 0 Å². The van der Waals surface area contributed by atoms with E-state index >= 15 is 0 Å². The average molecular weight is 364 g/mol. The van der Waals surface area contributed by atoms with E-state index in [2.05, 4.69) is 15.9 Å². The van der Waals surface area contributed by atoms with Crippen LogP contribution in [-0.4, -0.2) is 36.8 Å². The van der Waals surface area contributed by atoms with Crippen LogP contribution in [-0.2, 0) is 10.0 Å². The van der Waals surface area contributed by atoms with Gasteiger partial charge in [-0.05, 0) is 25.0 Å². The van der Waals surface area contributed by atoms with E-state index in [1.54, 1.807) is 0 Å². The van der Waals surface area contributed by atoms with Crippen molar-refractivity contribution in [1.29, 1.82) is 0 Å². The first kappa shape index (κ1) is 15.4. The number of hydrogen-bond donors (Lipinski definition) is 1. The molecule has 1 heterocycles. The zero-order valence-corrected chi connectivity index (χ0v) is 12.9. The molecule has 0 aromatic heterocycles. The molecule has 0 spiro atoms. The lowest BCUT2D eigenvalue weighted by Gasteiger charge is -2.22. The summed E-state index contributed by atoms with van der Waals surface area (Å²) in [7, 11) is -3.90. The van der Waals surface area contributed by atoms with Crippen molar-refractivity contribution in [1.82, 2.24) is 4.31 Å². The van der Waals surface area contributed by atoms with Gasteiger partial charge in [0.1, 0.15) is 0 Å². The van der Waals surface area contributed by atoms with Crippen molar-refractivity contribution in [3.05, 3.63) is 32.8 Å². The lowest BCUT2D eigenvalue weighted by molar-refractivity contribution is -0.387. The molecule has 0 radical (unpaired) electrons. The Morgan fingerprint density at radius 1 is 1.50 bits per heavy atom. The number of nitrogens with zero attached hydrogens (tertiary/aromatic N) is 2. The predicted octanol–water partition coefficient (Wildman–Crippen LogP) is 1.47. The Balaban J connectivity index is 2.52. The summed E-state index contributed by atoms with van der Waals surface area (Å²) in [5.74, 6) is 0. The van der Waals surface area contributed by atoms with Gasteiger partial charge in [-0.1, -0.05) is 15.9 Å². The number of nitro benzene ring substituents is 1. The van der Waals surface area contributed by atoms with Gasteiger partial charge in [0.25, 0.3) is 5.69 Å². The molecule has 0 aliphatic carbocycles. The molecule has 1 aliphatic heterocycles. The van der Waals surface area contributed by atoms with E-state index in [9.17, 15) is 18.5 Å². The fourth-order valence-electron chi connectivity index (χ4n) is 2.34. The Labute approximate surface area is 125 Å². The normalized spacial score (nSPS) is 20.2. The van der Waals surface area contributed by atoms with Crippen LogP contribution in [0.4, 0.5) is 5.69 Å². The van der Waals surface area contributed by atoms with E-state index in [1.807, 2.05) is 0 Å². The number of hydrogen-bond acceptors (Lipinski definition) is 5. The van der Waals surface area contributed by atoms with Gasteiger partial charge < -0.3 is 5.73 Å². The summed E-state index contributed by atoms with van der Waals surface area (Å²) in [6.07, 6.45) is 1.39. The van der Waals surface area contributed by atoms with E-state index in [0.29, 0.717) is 23.9 Å². The smallest absolute Gasteiger partial charge is 0.290 e. The third-order valence-electron chi connectivity index (χ3n) is 3.30. The van der Waals surface area contributed by atoms with Crippen molar-refractivity contribution in [3.8, 4) is 0 Å². The zero-order valence-electron chi connectivity index (χ0n) is 10.5. The molecule has 1 aliphatic rings. The van der Waals surface area contributed by atoms with Crippen molar-refractivity contribution < 1.29 is 13.3 Å². The Kier molecular flexibility index (Phi) is 4.43. The maximum absolute atomic E-state index is 12.6. The van der Waals surface area contributed by atoms with Crippen molar-refractivity contribution in [2.45, 2.75) is 23.8 Å². The second-order valence-corrected chi connectivity index (χ2v) is 7.29. The minimum Gasteiger partial charge on any atom is -0.329 e. The standard InChI is InChI=1S/C11H14BrN3O4S/c12-8-3-4-11(10(6-8)15(16)17)20(18,19)14-5-1-2-9(14)7-13/h3-4,6,9H,1-2,5,7,13H2. The number of sulfonamides is 1. The van der Waals surface area contributed by atoms with E-state index in [0.717, 1.165) is 0 Å². The first-order valence-corrected chi connectivity index (χ1v) is 8.27. The molecule has 2 rings (SSSR count). The quantitative estimate of drug-likeness (QED) is 0.643. The van der Waals surface area contributed by atoms with Gasteiger partial charge in [-0.3, -0.25) is 10.1 Å². The molecule has 110 valence electrons. The van der Waals surface area contributed by atoms with Crippen LogP contribution in [0.5, 0.6) is 0 Å². The molecule has 9 heteroatoms. The second kappa shape index (κ2) is 5.76. The number of rotatable bonds is 4. The molecule has 1 aromatic rings. The molecule has 0 bridgehead atoms. The highest BCUT2D eigenvalue weighted by molar-refractivity contribution is 9.10. The summed E-state index contributed by atoms with van der Waals surface area (Å²) in [6, 6.07) is 3.64. The molecule has 2 N–H and O–H groups in total. The number of benzene rings is 1. The summed E-state index contributed by atoms with van der Waals surface area (Å²) in [5.41, 5.74) is 5.14. The van der Waals surface area contributed by atoms with Gasteiger partial charge in [-0.2, -0.15) is 4.31 Å². The molecular weight excluding hydrogens is 350 g/mol. The maximum atomic E-state index is 12.6. The second-order valence-electron chi connectivity index (χ2n) is 4.52. The molecule has 1 atom stereocenters. The first-order valence-electron chi connectivity index (χ1n) is 6.03. The van der Waals surface area contributed by atoms with E-state index in [1.165, 1.54) is 22.5 Å². The summed E-state index contributed by atoms with van der Waals surface area (Å²) >= 11 is 3.11. The minimum atomic E-state index is -3.90. The minimum absolute atomic E-state index is 0.212. The lowest BCUT2D eigenvalue weighted by atomic mass is 10.2. The monoisotopic (exact) mass is 363 g/mol. The van der Waals surface area contributed by atoms with Crippen molar-refractivity contribution in [2.75, 3.05) is 13.1 Å². The number of nitrogens with two attached hydrogens (primary N) is 1. The Hall–Kier alpha value is -1.03. The third kappa shape index (κ3) is 2.71. The molecule has 0 amide bonds. The number of halogens is 1. The highest BCUT2D eigenvalue weighted by Gasteiger charge is 2.38. The lowest BCUT2D eigenvalue weighted by Crippen LogP contribution is -2.40. The highest BCUT2D eigenvalue weighted by atomic mass is 79.9. The van der Waals surface area contributed by atoms with Crippen LogP contribution >= 0.6 is 15.9 Å². The highest BCUT2D eigenvalue weighted by Crippen LogP contribution is 2.32. The molecule has 1 aromatic carbocycles. The van der Waals surface area contributed by atoms with Crippen LogP contribution in [0.2, 0.25) is 0 Å². The van der Waals surface area contributed by atoms with Crippen LogP contribution < -0.4 is 5.73 Å². The molecule has 1 fully saturated rings. The van der Waals surface area contributed by atoms with Crippen LogP contribution in [0, 0.1) is 10.1 Å². The van der Waals surface area contributed by atoms with Crippen molar-refractivity contribution >= 4 is 31.6 Å². The molecule has 1 unspecified atom stereocenters. The fraction of sp³-hybridized carbons (Fsp3) is 0.455. The van der Waals surface area contributed by atoms with Crippen LogP contribution in [0.25, 0.3) is 0 Å². The molecule has 0 saturated carbocycles. The number of nitro groups is 1. The van der Waals surface area contributed by atoms with Crippen molar-refractivity contribution in [2.24, 2.45) is 5.73 Å². The first-order chi connectivity index (χ1) is 9.37. The molecule has 1 saturated heterocycles. The zero-order chi connectivity index (χ0) is 14.9. The maximum Gasteiger partial charge on any atom is 0.290 e. The van der Waals surface area contributed by atoms with Gasteiger partial charge in [-0.15, -0.1) is 0 Å². The largest absolute Gasteiger partial charge is 0.329 e. The molecule has 20 heavy (non-hydrogen) atoms. The summed E-state index contributed by atoms with van der Waals surface area (Å²) < 4.78 is 26.9.